The number of carbonyl (C=O) groups excluding carboxylic acids is 2. The molecule has 1 rings (SSSR count). The first-order chi connectivity index (χ1) is 9.85. The van der Waals surface area contributed by atoms with E-state index in [2.05, 4.69) is 26.0 Å². The second-order valence-electron chi connectivity index (χ2n) is 4.66. The number of hydrogen-bond acceptors (Lipinski definition) is 3. The third kappa shape index (κ3) is 5.49. The number of azide groups is 1. The molecular formula is C13H13BrFN3O2S. The molecule has 0 saturated carbocycles. The predicted molar refractivity (Wildman–Crippen MR) is 82.5 cm³/mol. The molecule has 1 aromatic rings. The highest BCUT2D eigenvalue weighted by Crippen LogP contribution is 2.32. The molecule has 0 aliphatic heterocycles. The molecule has 1 amide bonds. The minimum Gasteiger partial charge on any atom is -0.287 e. The van der Waals surface area contributed by atoms with Gasteiger partial charge in [0.15, 0.2) is 5.12 Å². The summed E-state index contributed by atoms with van der Waals surface area (Å²) in [4.78, 5) is 26.1. The molecule has 0 aromatic heterocycles. The lowest BCUT2D eigenvalue weighted by Crippen LogP contribution is -2.01. The van der Waals surface area contributed by atoms with Crippen LogP contribution in [-0.2, 0) is 4.79 Å². The molecule has 0 N–H and O–H groups in total. The highest BCUT2D eigenvalue weighted by atomic mass is 79.9. The molecule has 1 aromatic carbocycles. The number of nitrogens with zero attached hydrogens (tertiary/aromatic N) is 3. The van der Waals surface area contributed by atoms with E-state index in [0.717, 1.165) is 24.2 Å². The normalized spacial score (nSPS) is 10.3. The Balaban J connectivity index is 2.97. The molecule has 21 heavy (non-hydrogen) atoms. The summed E-state index contributed by atoms with van der Waals surface area (Å²) < 4.78 is 14.0. The minimum absolute atomic E-state index is 0.0711. The maximum atomic E-state index is 13.7. The summed E-state index contributed by atoms with van der Waals surface area (Å²) in [5.41, 5.74) is 7.87. The van der Waals surface area contributed by atoms with Gasteiger partial charge in [0.25, 0.3) is 5.91 Å². The van der Waals surface area contributed by atoms with Gasteiger partial charge in [-0.3, -0.25) is 9.59 Å². The molecule has 0 unspecified atom stereocenters. The second-order valence-corrected chi connectivity index (χ2v) is 6.62. The van der Waals surface area contributed by atoms with Crippen LogP contribution in [0.2, 0.25) is 0 Å². The molecule has 0 aliphatic carbocycles. The number of rotatable bonds is 5. The first-order valence-corrected chi connectivity index (χ1v) is 7.75. The van der Waals surface area contributed by atoms with Crippen LogP contribution in [0.25, 0.3) is 10.4 Å². The van der Waals surface area contributed by atoms with E-state index in [1.807, 2.05) is 13.8 Å². The molecule has 0 fully saturated rings. The largest absolute Gasteiger partial charge is 0.287 e. The van der Waals surface area contributed by atoms with E-state index in [1.54, 1.807) is 0 Å². The van der Waals surface area contributed by atoms with Gasteiger partial charge in [0.05, 0.1) is 5.56 Å². The van der Waals surface area contributed by atoms with Crippen molar-refractivity contribution in [3.05, 3.63) is 38.4 Å². The Morgan fingerprint density at radius 3 is 2.71 bits per heavy atom. The summed E-state index contributed by atoms with van der Waals surface area (Å²) in [7, 11) is 0. The molecule has 0 spiro atoms. The maximum absolute atomic E-state index is 13.7. The van der Waals surface area contributed by atoms with E-state index in [9.17, 15) is 14.0 Å². The van der Waals surface area contributed by atoms with Gasteiger partial charge in [-0.25, -0.2) is 4.39 Å². The quantitative estimate of drug-likeness (QED) is 0.311. The van der Waals surface area contributed by atoms with Crippen molar-refractivity contribution in [2.24, 2.45) is 11.0 Å². The number of amides is 1. The average Bonchev–Trinajstić information content (AvgIpc) is 2.39. The first-order valence-electron chi connectivity index (χ1n) is 6.14. The Kier molecular flexibility index (Phi) is 6.87. The van der Waals surface area contributed by atoms with Crippen LogP contribution in [0.3, 0.4) is 0 Å². The van der Waals surface area contributed by atoms with Crippen LogP contribution in [0.15, 0.2) is 26.6 Å². The lowest BCUT2D eigenvalue weighted by atomic mass is 10.1. The number of thioether (sulfide) groups is 1. The van der Waals surface area contributed by atoms with Crippen molar-refractivity contribution in [3.8, 4) is 0 Å². The van der Waals surface area contributed by atoms with Gasteiger partial charge in [-0.05, 0) is 51.0 Å². The van der Waals surface area contributed by atoms with Crippen molar-refractivity contribution in [3.63, 3.8) is 0 Å². The number of halogens is 2. The van der Waals surface area contributed by atoms with Crippen LogP contribution in [0.1, 0.15) is 37.0 Å². The summed E-state index contributed by atoms with van der Waals surface area (Å²) in [6.07, 6.45) is 1.15. The molecule has 0 aliphatic rings. The van der Waals surface area contributed by atoms with E-state index < -0.39 is 11.7 Å². The van der Waals surface area contributed by atoms with Crippen LogP contribution in [0, 0.1) is 11.7 Å². The summed E-state index contributed by atoms with van der Waals surface area (Å²) in [5, 5.41) is 2.79. The molecule has 5 nitrogen and oxygen atoms in total. The van der Waals surface area contributed by atoms with Crippen molar-refractivity contribution >= 4 is 38.7 Å². The van der Waals surface area contributed by atoms with E-state index >= 15 is 0 Å². The van der Waals surface area contributed by atoms with Gasteiger partial charge in [-0.15, -0.1) is 0 Å². The van der Waals surface area contributed by atoms with Crippen molar-refractivity contribution in [1.82, 2.24) is 0 Å². The third-order valence-corrected chi connectivity index (χ3v) is 4.45. The standard InChI is InChI=1S/C13H13BrFN3O2S/c1-7(2)3-4-12(19)21-11-5-8(13(20)17-18-16)10(15)6-9(11)14/h5-7H,3-4H2,1-2H3. The predicted octanol–water partition coefficient (Wildman–Crippen LogP) is 5.09. The Morgan fingerprint density at radius 2 is 2.14 bits per heavy atom. The van der Waals surface area contributed by atoms with Gasteiger partial charge in [-0.2, -0.15) is 0 Å². The molecule has 8 heteroatoms. The van der Waals surface area contributed by atoms with Gasteiger partial charge in [0.2, 0.25) is 0 Å². The fraction of sp³-hybridized carbons (Fsp3) is 0.385. The lowest BCUT2D eigenvalue weighted by molar-refractivity contribution is -0.111. The minimum atomic E-state index is -1.01. The Morgan fingerprint density at radius 1 is 1.48 bits per heavy atom. The van der Waals surface area contributed by atoms with Gasteiger partial charge in [-0.1, -0.05) is 25.6 Å². The third-order valence-electron chi connectivity index (χ3n) is 2.54. The molecule has 0 atom stereocenters. The summed E-state index contributed by atoms with van der Waals surface area (Å²) >= 11 is 4.08. The smallest absolute Gasteiger partial charge is 0.252 e. The SMILES string of the molecule is CC(C)CCC(=O)Sc1cc(C(=O)N=[N+]=[N-])c(F)cc1Br. The van der Waals surface area contributed by atoms with Crippen LogP contribution in [0.4, 0.5) is 4.39 Å². The average molecular weight is 374 g/mol. The highest BCUT2D eigenvalue weighted by Gasteiger charge is 2.16. The zero-order chi connectivity index (χ0) is 16.0. The van der Waals surface area contributed by atoms with E-state index in [1.165, 1.54) is 6.07 Å². The summed E-state index contributed by atoms with van der Waals surface area (Å²) in [6, 6.07) is 2.30. The number of carbonyl (C=O) groups is 2. The monoisotopic (exact) mass is 373 g/mol. The molecule has 0 radical (unpaired) electrons. The zero-order valence-corrected chi connectivity index (χ0v) is 13.9. The number of hydrogen-bond donors (Lipinski definition) is 0. The fourth-order valence-corrected chi connectivity index (χ4v) is 2.80. The summed E-state index contributed by atoms with van der Waals surface area (Å²) in [6.45, 7) is 4.03. The van der Waals surface area contributed by atoms with Gasteiger partial charge >= 0.3 is 0 Å². The molecule has 0 heterocycles. The van der Waals surface area contributed by atoms with E-state index in [0.29, 0.717) is 21.7 Å². The zero-order valence-electron chi connectivity index (χ0n) is 11.5. The molecule has 0 saturated heterocycles. The van der Waals surface area contributed by atoms with Gasteiger partial charge < -0.3 is 0 Å². The van der Waals surface area contributed by atoms with E-state index in [-0.39, 0.29) is 10.7 Å². The first kappa shape index (κ1) is 17.7. The van der Waals surface area contributed by atoms with Crippen LogP contribution in [0.5, 0.6) is 0 Å². The lowest BCUT2D eigenvalue weighted by Gasteiger charge is -2.07. The van der Waals surface area contributed by atoms with Crippen molar-refractivity contribution in [2.75, 3.05) is 0 Å². The van der Waals surface area contributed by atoms with E-state index in [4.69, 9.17) is 5.53 Å². The number of benzene rings is 1. The van der Waals surface area contributed by atoms with Gasteiger partial charge in [0.1, 0.15) is 5.82 Å². The van der Waals surface area contributed by atoms with Crippen LogP contribution >= 0.6 is 27.7 Å². The van der Waals surface area contributed by atoms with Crippen molar-refractivity contribution in [1.29, 1.82) is 0 Å². The van der Waals surface area contributed by atoms with Crippen molar-refractivity contribution < 1.29 is 14.0 Å². The summed E-state index contributed by atoms with van der Waals surface area (Å²) in [5.74, 6) is -1.41. The Hall–Kier alpha value is -1.37. The topological polar surface area (TPSA) is 82.9 Å². The second kappa shape index (κ2) is 8.17. The van der Waals surface area contributed by atoms with Crippen LogP contribution in [-0.4, -0.2) is 11.0 Å². The van der Waals surface area contributed by atoms with Crippen molar-refractivity contribution in [2.45, 2.75) is 31.6 Å². The Bertz CT molecular complexity index is 616. The fourth-order valence-electron chi connectivity index (χ4n) is 1.45. The Labute approximate surface area is 134 Å². The maximum Gasteiger partial charge on any atom is 0.252 e. The van der Waals surface area contributed by atoms with Gasteiger partial charge in [0, 0.05) is 20.7 Å². The van der Waals surface area contributed by atoms with Crippen LogP contribution < -0.4 is 0 Å². The molecule has 112 valence electrons. The highest BCUT2D eigenvalue weighted by molar-refractivity contribution is 9.10. The molecule has 0 bridgehead atoms. The molecular weight excluding hydrogens is 361 g/mol.